The molecule has 0 spiro atoms. The fourth-order valence-corrected chi connectivity index (χ4v) is 2.16. The summed E-state index contributed by atoms with van der Waals surface area (Å²) in [5.41, 5.74) is 0. The van der Waals surface area contributed by atoms with E-state index in [0.29, 0.717) is 0 Å². The van der Waals surface area contributed by atoms with Crippen LogP contribution in [0.2, 0.25) is 0 Å². The molecule has 3 heteroatoms. The molecule has 1 rings (SSSR count). The molecule has 1 aliphatic heterocycles. The van der Waals surface area contributed by atoms with Crippen molar-refractivity contribution < 1.29 is 4.79 Å². The lowest BCUT2D eigenvalue weighted by Crippen LogP contribution is -2.48. The van der Waals surface area contributed by atoms with Crippen molar-refractivity contribution in [2.75, 3.05) is 6.54 Å². The number of carbonyl (C=O) groups excluding carboxylic acids is 1. The lowest BCUT2D eigenvalue weighted by molar-refractivity contribution is -0.123. The molecule has 1 aliphatic rings. The third kappa shape index (κ3) is 2.33. The summed E-state index contributed by atoms with van der Waals surface area (Å²) in [7, 11) is 0. The number of Topliss-reactive ketones (excluding diaryl/α,β-unsaturated/α-hetero) is 1. The smallest absolute Gasteiger partial charge is 0.146 e. The van der Waals surface area contributed by atoms with Crippen LogP contribution < -0.4 is 0 Å². The molecule has 0 bridgehead atoms. The van der Waals surface area contributed by atoms with Gasteiger partial charge in [-0.25, -0.2) is 0 Å². The van der Waals surface area contributed by atoms with E-state index in [4.69, 9.17) is 5.26 Å². The third-order valence-electron chi connectivity index (χ3n) is 2.95. The predicted molar refractivity (Wildman–Crippen MR) is 54.7 cm³/mol. The Morgan fingerprint density at radius 2 is 2.36 bits per heavy atom. The van der Waals surface area contributed by atoms with Crippen LogP contribution in [0.25, 0.3) is 0 Å². The van der Waals surface area contributed by atoms with Gasteiger partial charge in [-0.1, -0.05) is 13.3 Å². The molecule has 0 aromatic carbocycles. The average molecular weight is 194 g/mol. The van der Waals surface area contributed by atoms with Gasteiger partial charge in [0.15, 0.2) is 0 Å². The minimum absolute atomic E-state index is 0.00616. The second-order valence-electron chi connectivity index (χ2n) is 3.91. The van der Waals surface area contributed by atoms with Crippen LogP contribution in [0.4, 0.5) is 0 Å². The van der Waals surface area contributed by atoms with Crippen LogP contribution in [0.1, 0.15) is 39.5 Å². The van der Waals surface area contributed by atoms with Crippen molar-refractivity contribution in [3.63, 3.8) is 0 Å². The number of nitriles is 1. The Labute approximate surface area is 85.7 Å². The zero-order valence-corrected chi connectivity index (χ0v) is 8.99. The van der Waals surface area contributed by atoms with Gasteiger partial charge >= 0.3 is 0 Å². The van der Waals surface area contributed by atoms with E-state index in [9.17, 15) is 4.79 Å². The molecule has 1 saturated heterocycles. The maximum atomic E-state index is 11.4. The molecule has 1 fully saturated rings. The monoisotopic (exact) mass is 194 g/mol. The summed E-state index contributed by atoms with van der Waals surface area (Å²) in [4.78, 5) is 13.5. The highest BCUT2D eigenvalue weighted by molar-refractivity contribution is 5.81. The van der Waals surface area contributed by atoms with Crippen molar-refractivity contribution in [2.24, 2.45) is 0 Å². The fourth-order valence-electron chi connectivity index (χ4n) is 2.16. The Bertz CT molecular complexity index is 244. The second-order valence-corrected chi connectivity index (χ2v) is 3.91. The first kappa shape index (κ1) is 11.2. The van der Waals surface area contributed by atoms with Gasteiger partial charge in [0.1, 0.15) is 5.78 Å². The standard InChI is InChI=1S/C11H18N2O/c1-3-10(8-12)13-7-5-4-6-11(13)9(2)14/h10-11H,3-7H2,1-2H3. The number of hydrogen-bond acceptors (Lipinski definition) is 3. The molecular formula is C11H18N2O. The van der Waals surface area contributed by atoms with E-state index in [0.717, 1.165) is 32.2 Å². The quantitative estimate of drug-likeness (QED) is 0.687. The summed E-state index contributed by atoms with van der Waals surface area (Å²) in [6.45, 7) is 4.53. The van der Waals surface area contributed by atoms with Crippen LogP contribution in [-0.4, -0.2) is 29.3 Å². The molecule has 14 heavy (non-hydrogen) atoms. The van der Waals surface area contributed by atoms with Crippen molar-refractivity contribution in [1.82, 2.24) is 4.90 Å². The van der Waals surface area contributed by atoms with Crippen LogP contribution in [-0.2, 0) is 4.79 Å². The zero-order valence-electron chi connectivity index (χ0n) is 8.99. The Kier molecular flexibility index (Phi) is 4.09. The number of hydrogen-bond donors (Lipinski definition) is 0. The van der Waals surface area contributed by atoms with Crippen LogP contribution in [0, 0.1) is 11.3 Å². The summed E-state index contributed by atoms with van der Waals surface area (Å²) >= 11 is 0. The highest BCUT2D eigenvalue weighted by Crippen LogP contribution is 2.21. The number of rotatable bonds is 3. The summed E-state index contributed by atoms with van der Waals surface area (Å²) in [6.07, 6.45) is 3.96. The van der Waals surface area contributed by atoms with E-state index in [2.05, 4.69) is 11.0 Å². The lowest BCUT2D eigenvalue weighted by Gasteiger charge is -2.36. The molecule has 2 atom stereocenters. The van der Waals surface area contributed by atoms with Crippen LogP contribution in [0.5, 0.6) is 0 Å². The first-order chi connectivity index (χ1) is 6.70. The van der Waals surface area contributed by atoms with Crippen LogP contribution in [0.3, 0.4) is 0 Å². The van der Waals surface area contributed by atoms with E-state index < -0.39 is 0 Å². The maximum Gasteiger partial charge on any atom is 0.146 e. The highest BCUT2D eigenvalue weighted by Gasteiger charge is 2.30. The minimum Gasteiger partial charge on any atom is -0.298 e. The van der Waals surface area contributed by atoms with E-state index in [-0.39, 0.29) is 17.9 Å². The van der Waals surface area contributed by atoms with Crippen molar-refractivity contribution in [1.29, 1.82) is 5.26 Å². The molecule has 3 nitrogen and oxygen atoms in total. The SMILES string of the molecule is CCC(C#N)N1CCCCC1C(C)=O. The van der Waals surface area contributed by atoms with Gasteiger partial charge in [0.2, 0.25) is 0 Å². The molecule has 0 N–H and O–H groups in total. The van der Waals surface area contributed by atoms with Gasteiger partial charge in [0.25, 0.3) is 0 Å². The van der Waals surface area contributed by atoms with E-state index in [1.807, 2.05) is 6.92 Å². The predicted octanol–water partition coefficient (Wildman–Crippen LogP) is 1.73. The molecule has 0 amide bonds. The first-order valence-electron chi connectivity index (χ1n) is 5.36. The Hall–Kier alpha value is -0.880. The summed E-state index contributed by atoms with van der Waals surface area (Å²) in [5.74, 6) is 0.207. The zero-order chi connectivity index (χ0) is 10.6. The number of ketones is 1. The third-order valence-corrected chi connectivity index (χ3v) is 2.95. The van der Waals surface area contributed by atoms with E-state index >= 15 is 0 Å². The maximum absolute atomic E-state index is 11.4. The molecule has 0 aliphatic carbocycles. The van der Waals surface area contributed by atoms with Gasteiger partial charge in [-0.05, 0) is 26.2 Å². The summed E-state index contributed by atoms with van der Waals surface area (Å²) in [6, 6.07) is 2.19. The van der Waals surface area contributed by atoms with Gasteiger partial charge < -0.3 is 0 Å². The number of piperidine rings is 1. The number of likely N-dealkylation sites (tertiary alicyclic amines) is 1. The van der Waals surface area contributed by atoms with Gasteiger partial charge in [-0.3, -0.25) is 9.69 Å². The molecule has 0 aromatic rings. The topological polar surface area (TPSA) is 44.1 Å². The van der Waals surface area contributed by atoms with Crippen molar-refractivity contribution in [2.45, 2.75) is 51.6 Å². The first-order valence-corrected chi connectivity index (χ1v) is 5.36. The van der Waals surface area contributed by atoms with Gasteiger partial charge in [0, 0.05) is 6.54 Å². The molecule has 78 valence electrons. The molecular weight excluding hydrogens is 176 g/mol. The Morgan fingerprint density at radius 1 is 1.64 bits per heavy atom. The molecule has 0 saturated carbocycles. The van der Waals surface area contributed by atoms with Gasteiger partial charge in [-0.2, -0.15) is 5.26 Å². The Balaban J connectivity index is 2.72. The number of carbonyl (C=O) groups is 1. The number of nitrogens with zero attached hydrogens (tertiary/aromatic N) is 2. The average Bonchev–Trinajstić information content (AvgIpc) is 2.20. The largest absolute Gasteiger partial charge is 0.298 e. The van der Waals surface area contributed by atoms with Crippen molar-refractivity contribution >= 4 is 5.78 Å². The van der Waals surface area contributed by atoms with E-state index in [1.165, 1.54) is 0 Å². The normalized spacial score (nSPS) is 25.4. The fraction of sp³-hybridized carbons (Fsp3) is 0.818. The van der Waals surface area contributed by atoms with E-state index in [1.54, 1.807) is 6.92 Å². The van der Waals surface area contributed by atoms with Crippen molar-refractivity contribution in [3.8, 4) is 6.07 Å². The molecule has 2 unspecified atom stereocenters. The highest BCUT2D eigenvalue weighted by atomic mass is 16.1. The van der Waals surface area contributed by atoms with Crippen LogP contribution in [0.15, 0.2) is 0 Å². The Morgan fingerprint density at radius 3 is 2.86 bits per heavy atom. The molecule has 0 aromatic heterocycles. The summed E-state index contributed by atoms with van der Waals surface area (Å²) in [5, 5.41) is 8.97. The summed E-state index contributed by atoms with van der Waals surface area (Å²) < 4.78 is 0. The molecule has 0 radical (unpaired) electrons. The van der Waals surface area contributed by atoms with Gasteiger partial charge in [0.05, 0.1) is 18.2 Å². The van der Waals surface area contributed by atoms with Crippen molar-refractivity contribution in [3.05, 3.63) is 0 Å². The lowest BCUT2D eigenvalue weighted by atomic mass is 9.96. The molecule has 1 heterocycles. The minimum atomic E-state index is -0.0794. The van der Waals surface area contributed by atoms with Gasteiger partial charge in [-0.15, -0.1) is 0 Å². The second kappa shape index (κ2) is 5.11. The van der Waals surface area contributed by atoms with Crippen LogP contribution >= 0.6 is 0 Å².